The van der Waals surface area contributed by atoms with Gasteiger partial charge >= 0.3 is 0 Å². The van der Waals surface area contributed by atoms with E-state index in [9.17, 15) is 18.0 Å². The predicted molar refractivity (Wildman–Crippen MR) is 110 cm³/mol. The summed E-state index contributed by atoms with van der Waals surface area (Å²) in [5, 5.41) is 3.42. The van der Waals surface area contributed by atoms with Gasteiger partial charge < -0.3 is 19.6 Å². The molecule has 3 heterocycles. The first-order valence-corrected chi connectivity index (χ1v) is 11.0. The van der Waals surface area contributed by atoms with E-state index in [1.165, 1.54) is 16.7 Å². The van der Waals surface area contributed by atoms with Crippen LogP contribution in [-0.4, -0.2) is 36.2 Å². The third-order valence-electron chi connectivity index (χ3n) is 5.04. The molecule has 1 aromatic carbocycles. The molecule has 1 amide bonds. The molecule has 0 saturated carbocycles. The molecule has 1 unspecified atom stereocenters. The Kier molecular flexibility index (Phi) is 4.30. The first-order chi connectivity index (χ1) is 13.6. The van der Waals surface area contributed by atoms with Gasteiger partial charge in [-0.05, 0) is 24.1 Å². The SMILES string of the molecule is CC(C)C1Oc2c(cc(S(C)(=O)=O)cc2-c2cn(C)c(=O)c3[nH]ccc23)NC1=O. The Morgan fingerprint density at radius 2 is 1.90 bits per heavy atom. The number of hydrogen-bond acceptors (Lipinski definition) is 5. The third kappa shape index (κ3) is 3.11. The summed E-state index contributed by atoms with van der Waals surface area (Å²) in [6.07, 6.45) is 3.69. The van der Waals surface area contributed by atoms with E-state index >= 15 is 0 Å². The number of anilines is 1. The summed E-state index contributed by atoms with van der Waals surface area (Å²) >= 11 is 0. The van der Waals surface area contributed by atoms with Crippen molar-refractivity contribution in [1.29, 1.82) is 0 Å². The molecular weight excluding hydrogens is 394 g/mol. The second-order valence-electron chi connectivity index (χ2n) is 7.62. The molecule has 1 atom stereocenters. The van der Waals surface area contributed by atoms with Gasteiger partial charge in [0.25, 0.3) is 11.5 Å². The highest BCUT2D eigenvalue weighted by molar-refractivity contribution is 7.90. The molecule has 29 heavy (non-hydrogen) atoms. The van der Waals surface area contributed by atoms with Crippen molar-refractivity contribution in [1.82, 2.24) is 9.55 Å². The fraction of sp³-hybridized carbons (Fsp3) is 0.300. The number of aryl methyl sites for hydroxylation is 1. The van der Waals surface area contributed by atoms with E-state index in [1.807, 2.05) is 13.8 Å². The number of sulfone groups is 1. The number of carbonyl (C=O) groups is 1. The van der Waals surface area contributed by atoms with Gasteiger partial charge in [0.1, 0.15) is 5.52 Å². The molecule has 0 saturated heterocycles. The van der Waals surface area contributed by atoms with Crippen LogP contribution in [0.15, 0.2) is 40.3 Å². The van der Waals surface area contributed by atoms with Gasteiger partial charge in [-0.25, -0.2) is 8.42 Å². The molecule has 2 N–H and O–H groups in total. The van der Waals surface area contributed by atoms with Crippen molar-refractivity contribution in [2.75, 3.05) is 11.6 Å². The molecule has 0 aliphatic carbocycles. The second kappa shape index (κ2) is 6.48. The number of hydrogen-bond donors (Lipinski definition) is 2. The van der Waals surface area contributed by atoms with Crippen molar-refractivity contribution in [3.05, 3.63) is 40.9 Å². The van der Waals surface area contributed by atoms with Gasteiger partial charge in [0.05, 0.1) is 10.6 Å². The Bertz CT molecular complexity index is 1320. The molecule has 0 bridgehead atoms. The monoisotopic (exact) mass is 415 g/mol. The van der Waals surface area contributed by atoms with Crippen molar-refractivity contribution in [3.63, 3.8) is 0 Å². The zero-order valence-electron chi connectivity index (χ0n) is 16.4. The Hall–Kier alpha value is -3.07. The molecule has 1 aliphatic heterocycles. The molecule has 152 valence electrons. The van der Waals surface area contributed by atoms with Crippen LogP contribution in [0.3, 0.4) is 0 Å². The normalized spacial score (nSPS) is 16.6. The molecule has 0 fully saturated rings. The number of aromatic amines is 1. The molecule has 8 nitrogen and oxygen atoms in total. The fourth-order valence-electron chi connectivity index (χ4n) is 3.54. The molecule has 0 radical (unpaired) electrons. The van der Waals surface area contributed by atoms with Crippen molar-refractivity contribution in [2.45, 2.75) is 24.8 Å². The van der Waals surface area contributed by atoms with Gasteiger partial charge in [0.15, 0.2) is 21.7 Å². The minimum absolute atomic E-state index is 0.0516. The highest BCUT2D eigenvalue weighted by Crippen LogP contribution is 2.44. The van der Waals surface area contributed by atoms with Crippen LogP contribution in [0.2, 0.25) is 0 Å². The maximum atomic E-state index is 12.4. The van der Waals surface area contributed by atoms with Crippen LogP contribution in [0.5, 0.6) is 5.75 Å². The third-order valence-corrected chi connectivity index (χ3v) is 6.13. The van der Waals surface area contributed by atoms with Crippen LogP contribution in [-0.2, 0) is 21.7 Å². The molecule has 1 aliphatic rings. The molecule has 3 aromatic rings. The number of nitrogens with one attached hydrogen (secondary N) is 2. The molecule has 9 heteroatoms. The van der Waals surface area contributed by atoms with E-state index in [0.717, 1.165) is 6.26 Å². The Balaban J connectivity index is 2.08. The molecular formula is C20H21N3O5S. The van der Waals surface area contributed by atoms with E-state index < -0.39 is 15.9 Å². The average Bonchev–Trinajstić information content (AvgIpc) is 3.12. The quantitative estimate of drug-likeness (QED) is 0.682. The highest BCUT2D eigenvalue weighted by Gasteiger charge is 2.33. The Morgan fingerprint density at radius 1 is 1.17 bits per heavy atom. The second-order valence-corrected chi connectivity index (χ2v) is 9.63. The highest BCUT2D eigenvalue weighted by atomic mass is 32.2. The van der Waals surface area contributed by atoms with Crippen molar-refractivity contribution >= 4 is 32.3 Å². The van der Waals surface area contributed by atoms with Crippen molar-refractivity contribution in [3.8, 4) is 16.9 Å². The summed E-state index contributed by atoms with van der Waals surface area (Å²) in [6, 6.07) is 4.68. The molecule has 2 aromatic heterocycles. The smallest absolute Gasteiger partial charge is 0.274 e. The van der Waals surface area contributed by atoms with Crippen LogP contribution < -0.4 is 15.6 Å². The predicted octanol–water partition coefficient (Wildman–Crippen LogP) is 2.29. The standard InChI is InChI=1S/C20H21N3O5S/c1-10(2)17-19(24)22-15-8-11(29(4,26)27)7-13(18(15)28-17)14-9-23(3)20(25)16-12(14)5-6-21-16/h5-10,17,21H,1-4H3,(H,22,24). The van der Waals surface area contributed by atoms with Gasteiger partial charge in [0, 0.05) is 42.2 Å². The van der Waals surface area contributed by atoms with E-state index in [2.05, 4.69) is 10.3 Å². The number of aromatic nitrogens is 2. The van der Waals surface area contributed by atoms with Gasteiger partial charge in [-0.15, -0.1) is 0 Å². The lowest BCUT2D eigenvalue weighted by Crippen LogP contribution is -2.40. The first kappa shape index (κ1) is 19.3. The number of nitrogens with zero attached hydrogens (tertiary/aromatic N) is 1. The Labute approximate surface area is 167 Å². The number of rotatable bonds is 3. The number of ether oxygens (including phenoxy) is 1. The summed E-state index contributed by atoms with van der Waals surface area (Å²) < 4.78 is 32.0. The van der Waals surface area contributed by atoms with Gasteiger partial charge in [0.2, 0.25) is 0 Å². The van der Waals surface area contributed by atoms with E-state index in [1.54, 1.807) is 25.5 Å². The largest absolute Gasteiger partial charge is 0.477 e. The fourth-order valence-corrected chi connectivity index (χ4v) is 4.21. The number of fused-ring (bicyclic) bond motifs is 2. The van der Waals surface area contributed by atoms with Crippen LogP contribution >= 0.6 is 0 Å². The van der Waals surface area contributed by atoms with Gasteiger partial charge in [-0.3, -0.25) is 9.59 Å². The number of benzene rings is 1. The van der Waals surface area contributed by atoms with Crippen molar-refractivity contribution < 1.29 is 17.9 Å². The molecule has 0 spiro atoms. The summed E-state index contributed by atoms with van der Waals surface area (Å²) in [7, 11) is -1.93. The topological polar surface area (TPSA) is 110 Å². The Morgan fingerprint density at radius 3 is 2.55 bits per heavy atom. The minimum Gasteiger partial charge on any atom is -0.477 e. The lowest BCUT2D eigenvalue weighted by Gasteiger charge is -2.30. The summed E-state index contributed by atoms with van der Waals surface area (Å²) in [5.41, 5.74) is 1.62. The van der Waals surface area contributed by atoms with Crippen LogP contribution in [0, 0.1) is 5.92 Å². The number of H-pyrrole nitrogens is 1. The van der Waals surface area contributed by atoms with Crippen molar-refractivity contribution in [2.24, 2.45) is 13.0 Å². The summed E-state index contributed by atoms with van der Waals surface area (Å²) in [5.74, 6) is -0.0220. The maximum absolute atomic E-state index is 12.4. The molecule has 4 rings (SSSR count). The van der Waals surface area contributed by atoms with E-state index in [-0.39, 0.29) is 22.3 Å². The maximum Gasteiger partial charge on any atom is 0.274 e. The number of carbonyl (C=O) groups excluding carboxylic acids is 1. The van der Waals surface area contributed by atoms with E-state index in [4.69, 9.17) is 4.74 Å². The lowest BCUT2D eigenvalue weighted by molar-refractivity contribution is -0.125. The van der Waals surface area contributed by atoms with Crippen LogP contribution in [0.25, 0.3) is 22.0 Å². The summed E-state index contributed by atoms with van der Waals surface area (Å²) in [6.45, 7) is 3.74. The van der Waals surface area contributed by atoms with Crippen LogP contribution in [0.4, 0.5) is 5.69 Å². The van der Waals surface area contributed by atoms with Gasteiger partial charge in [-0.2, -0.15) is 0 Å². The zero-order chi connectivity index (χ0) is 21.1. The minimum atomic E-state index is -3.56. The number of pyridine rings is 1. The lowest BCUT2D eigenvalue weighted by atomic mass is 9.99. The first-order valence-electron chi connectivity index (χ1n) is 9.10. The van der Waals surface area contributed by atoms with Crippen LogP contribution in [0.1, 0.15) is 13.8 Å². The van der Waals surface area contributed by atoms with Gasteiger partial charge in [-0.1, -0.05) is 13.8 Å². The average molecular weight is 415 g/mol. The van der Waals surface area contributed by atoms with E-state index in [0.29, 0.717) is 33.5 Å². The number of amides is 1. The summed E-state index contributed by atoms with van der Waals surface area (Å²) in [4.78, 5) is 27.8. The zero-order valence-corrected chi connectivity index (χ0v) is 17.3.